The van der Waals surface area contributed by atoms with Gasteiger partial charge in [0.05, 0.1) is 34.0 Å². The SMILES string of the molecule is CCNC(=NCc1cccnc1N1CCOCC1)NCCc1ccc(OC)c(OC)c1. The van der Waals surface area contributed by atoms with E-state index in [1.807, 2.05) is 24.4 Å². The van der Waals surface area contributed by atoms with E-state index in [-0.39, 0.29) is 0 Å². The van der Waals surface area contributed by atoms with Crippen LogP contribution in [-0.2, 0) is 17.7 Å². The molecule has 168 valence electrons. The Hall–Kier alpha value is -3.00. The molecule has 31 heavy (non-hydrogen) atoms. The van der Waals surface area contributed by atoms with Crippen molar-refractivity contribution >= 4 is 11.8 Å². The van der Waals surface area contributed by atoms with E-state index in [9.17, 15) is 0 Å². The smallest absolute Gasteiger partial charge is 0.191 e. The molecule has 8 heteroatoms. The van der Waals surface area contributed by atoms with Crippen LogP contribution in [0.4, 0.5) is 5.82 Å². The molecule has 1 aliphatic heterocycles. The number of ether oxygens (including phenoxy) is 3. The average molecular weight is 428 g/mol. The van der Waals surface area contributed by atoms with Crippen molar-refractivity contribution < 1.29 is 14.2 Å². The number of benzene rings is 1. The number of guanidine groups is 1. The molecule has 2 aromatic rings. The number of methoxy groups -OCH3 is 2. The molecule has 1 aromatic heterocycles. The maximum atomic E-state index is 5.47. The molecule has 2 heterocycles. The Kier molecular flexibility index (Phi) is 8.78. The van der Waals surface area contributed by atoms with E-state index in [1.165, 1.54) is 5.56 Å². The average Bonchev–Trinajstić information content (AvgIpc) is 2.83. The van der Waals surface area contributed by atoms with Crippen molar-refractivity contribution in [1.29, 1.82) is 0 Å². The summed E-state index contributed by atoms with van der Waals surface area (Å²) in [4.78, 5) is 11.6. The number of rotatable bonds is 9. The van der Waals surface area contributed by atoms with Crippen molar-refractivity contribution in [2.45, 2.75) is 19.9 Å². The van der Waals surface area contributed by atoms with Crippen LogP contribution in [0, 0.1) is 0 Å². The van der Waals surface area contributed by atoms with Crippen molar-refractivity contribution in [2.75, 3.05) is 58.5 Å². The number of hydrogen-bond acceptors (Lipinski definition) is 6. The topological polar surface area (TPSA) is 80.2 Å². The van der Waals surface area contributed by atoms with Gasteiger partial charge in [-0.25, -0.2) is 9.98 Å². The van der Waals surface area contributed by atoms with Crippen LogP contribution < -0.4 is 25.0 Å². The minimum Gasteiger partial charge on any atom is -0.493 e. The predicted molar refractivity (Wildman–Crippen MR) is 123 cm³/mol. The third kappa shape index (κ3) is 6.49. The quantitative estimate of drug-likeness (QED) is 0.469. The molecule has 0 bridgehead atoms. The Morgan fingerprint density at radius 3 is 2.68 bits per heavy atom. The summed E-state index contributed by atoms with van der Waals surface area (Å²) in [6.07, 6.45) is 2.68. The van der Waals surface area contributed by atoms with Crippen LogP contribution in [0.25, 0.3) is 0 Å². The van der Waals surface area contributed by atoms with E-state index in [1.54, 1.807) is 14.2 Å². The van der Waals surface area contributed by atoms with Crippen molar-refractivity contribution in [1.82, 2.24) is 15.6 Å². The third-order valence-electron chi connectivity index (χ3n) is 5.08. The number of nitrogens with one attached hydrogen (secondary N) is 2. The number of morpholine rings is 1. The molecule has 1 fully saturated rings. The zero-order valence-corrected chi connectivity index (χ0v) is 18.7. The van der Waals surface area contributed by atoms with Gasteiger partial charge < -0.3 is 29.7 Å². The van der Waals surface area contributed by atoms with Gasteiger partial charge in [0.1, 0.15) is 5.82 Å². The van der Waals surface area contributed by atoms with Gasteiger partial charge in [0.2, 0.25) is 0 Å². The van der Waals surface area contributed by atoms with Gasteiger partial charge in [-0.3, -0.25) is 0 Å². The molecule has 0 amide bonds. The van der Waals surface area contributed by atoms with Gasteiger partial charge >= 0.3 is 0 Å². The molecule has 0 radical (unpaired) electrons. The van der Waals surface area contributed by atoms with Crippen LogP contribution in [0.5, 0.6) is 11.5 Å². The Bertz CT molecular complexity index is 853. The minimum atomic E-state index is 0.562. The van der Waals surface area contributed by atoms with E-state index in [2.05, 4.69) is 39.6 Å². The summed E-state index contributed by atoms with van der Waals surface area (Å²) in [5.41, 5.74) is 2.28. The van der Waals surface area contributed by atoms with Crippen LogP contribution in [0.3, 0.4) is 0 Å². The Morgan fingerprint density at radius 1 is 1.13 bits per heavy atom. The summed E-state index contributed by atoms with van der Waals surface area (Å²) in [6.45, 7) is 7.37. The van der Waals surface area contributed by atoms with Gasteiger partial charge in [-0.15, -0.1) is 0 Å². The van der Waals surface area contributed by atoms with Crippen LogP contribution in [0.15, 0.2) is 41.5 Å². The Balaban J connectivity index is 1.61. The monoisotopic (exact) mass is 427 g/mol. The second-order valence-corrected chi connectivity index (χ2v) is 7.15. The van der Waals surface area contributed by atoms with Gasteiger partial charge in [-0.2, -0.15) is 0 Å². The highest BCUT2D eigenvalue weighted by Crippen LogP contribution is 2.27. The van der Waals surface area contributed by atoms with Crippen molar-refractivity contribution in [3.63, 3.8) is 0 Å². The lowest BCUT2D eigenvalue weighted by Crippen LogP contribution is -2.38. The van der Waals surface area contributed by atoms with Crippen LogP contribution in [-0.4, -0.2) is 64.6 Å². The summed E-state index contributed by atoms with van der Waals surface area (Å²) < 4.78 is 16.2. The van der Waals surface area contributed by atoms with Gasteiger partial charge in [0.15, 0.2) is 17.5 Å². The summed E-state index contributed by atoms with van der Waals surface area (Å²) >= 11 is 0. The molecule has 2 N–H and O–H groups in total. The van der Waals surface area contributed by atoms with Crippen LogP contribution in [0.2, 0.25) is 0 Å². The molecule has 1 aliphatic rings. The molecule has 0 spiro atoms. The van der Waals surface area contributed by atoms with Crippen LogP contribution >= 0.6 is 0 Å². The first kappa shape index (κ1) is 22.7. The van der Waals surface area contributed by atoms with Gasteiger partial charge in [-0.1, -0.05) is 12.1 Å². The number of hydrogen-bond donors (Lipinski definition) is 2. The minimum absolute atomic E-state index is 0.562. The van der Waals surface area contributed by atoms with Crippen molar-refractivity contribution in [2.24, 2.45) is 4.99 Å². The molecular formula is C23H33N5O3. The van der Waals surface area contributed by atoms with E-state index < -0.39 is 0 Å². The second kappa shape index (κ2) is 12.0. The highest BCUT2D eigenvalue weighted by Gasteiger charge is 2.15. The van der Waals surface area contributed by atoms with Gasteiger partial charge in [0, 0.05) is 37.9 Å². The highest BCUT2D eigenvalue weighted by atomic mass is 16.5. The largest absolute Gasteiger partial charge is 0.493 e. The zero-order valence-electron chi connectivity index (χ0n) is 18.7. The Morgan fingerprint density at radius 2 is 1.94 bits per heavy atom. The molecule has 0 aliphatic carbocycles. The fourth-order valence-electron chi connectivity index (χ4n) is 3.48. The summed E-state index contributed by atoms with van der Waals surface area (Å²) in [5.74, 6) is 3.27. The molecule has 0 atom stereocenters. The fourth-order valence-corrected chi connectivity index (χ4v) is 3.48. The first-order valence-corrected chi connectivity index (χ1v) is 10.7. The maximum Gasteiger partial charge on any atom is 0.191 e. The molecule has 8 nitrogen and oxygen atoms in total. The number of anilines is 1. The molecule has 0 unspecified atom stereocenters. The molecule has 1 aromatic carbocycles. The van der Waals surface area contributed by atoms with E-state index in [0.29, 0.717) is 6.54 Å². The van der Waals surface area contributed by atoms with Crippen molar-refractivity contribution in [3.05, 3.63) is 47.7 Å². The Labute approximate surface area is 184 Å². The zero-order chi connectivity index (χ0) is 21.9. The lowest BCUT2D eigenvalue weighted by molar-refractivity contribution is 0.122. The first-order chi connectivity index (χ1) is 15.2. The lowest BCUT2D eigenvalue weighted by atomic mass is 10.1. The van der Waals surface area contributed by atoms with E-state index in [0.717, 1.165) is 74.7 Å². The molecular weight excluding hydrogens is 394 g/mol. The number of nitrogens with zero attached hydrogens (tertiary/aromatic N) is 3. The normalized spacial score (nSPS) is 14.3. The van der Waals surface area contributed by atoms with E-state index in [4.69, 9.17) is 19.2 Å². The number of aliphatic imine (C=N–C) groups is 1. The van der Waals surface area contributed by atoms with Crippen LogP contribution in [0.1, 0.15) is 18.1 Å². The third-order valence-corrected chi connectivity index (χ3v) is 5.08. The standard InChI is InChI=1S/C23H33N5O3/c1-4-24-23(26-11-9-18-7-8-20(29-2)21(16-18)30-3)27-17-19-6-5-10-25-22(19)28-12-14-31-15-13-28/h5-8,10,16H,4,9,11-15,17H2,1-3H3,(H2,24,26,27). The highest BCUT2D eigenvalue weighted by molar-refractivity contribution is 5.79. The summed E-state index contributed by atoms with van der Waals surface area (Å²) in [6, 6.07) is 10.1. The molecule has 1 saturated heterocycles. The summed E-state index contributed by atoms with van der Waals surface area (Å²) in [7, 11) is 3.30. The molecule has 3 rings (SSSR count). The summed E-state index contributed by atoms with van der Waals surface area (Å²) in [5, 5.41) is 6.74. The number of pyridine rings is 1. The maximum absolute atomic E-state index is 5.47. The number of aromatic nitrogens is 1. The lowest BCUT2D eigenvalue weighted by Gasteiger charge is -2.29. The predicted octanol–water partition coefficient (Wildman–Crippen LogP) is 2.23. The second-order valence-electron chi connectivity index (χ2n) is 7.15. The molecule has 0 saturated carbocycles. The van der Waals surface area contributed by atoms with Gasteiger partial charge in [0.25, 0.3) is 0 Å². The van der Waals surface area contributed by atoms with Crippen molar-refractivity contribution in [3.8, 4) is 11.5 Å². The van der Waals surface area contributed by atoms with E-state index >= 15 is 0 Å². The fraction of sp³-hybridized carbons (Fsp3) is 0.478. The first-order valence-electron chi connectivity index (χ1n) is 10.7. The van der Waals surface area contributed by atoms with Gasteiger partial charge in [-0.05, 0) is 37.1 Å².